The summed E-state index contributed by atoms with van der Waals surface area (Å²) in [6.45, 7) is 7.67. The van der Waals surface area contributed by atoms with Crippen LogP contribution >= 0.6 is 0 Å². The van der Waals surface area contributed by atoms with Gasteiger partial charge in [-0.3, -0.25) is 9.59 Å². The number of nitrogens with one attached hydrogen (secondary N) is 2. The average molecular weight is 440 g/mol. The minimum absolute atomic E-state index is 0.0572. The van der Waals surface area contributed by atoms with Gasteiger partial charge in [-0.2, -0.15) is 0 Å². The van der Waals surface area contributed by atoms with Gasteiger partial charge in [0, 0.05) is 36.6 Å². The van der Waals surface area contributed by atoms with E-state index >= 15 is 0 Å². The molecule has 7 nitrogen and oxygen atoms in total. The van der Waals surface area contributed by atoms with Crippen molar-refractivity contribution in [3.63, 3.8) is 0 Å². The molecule has 1 aliphatic heterocycles. The largest absolute Gasteiger partial charge is 0.491 e. The second-order valence-corrected chi connectivity index (χ2v) is 8.02. The van der Waals surface area contributed by atoms with E-state index in [1.165, 1.54) is 0 Å². The number of likely N-dealkylation sites (tertiary alicyclic amines) is 1. The van der Waals surface area contributed by atoms with Crippen molar-refractivity contribution in [1.82, 2.24) is 4.90 Å². The Kier molecular flexibility index (Phi) is 8.92. The van der Waals surface area contributed by atoms with E-state index in [1.807, 2.05) is 36.1 Å². The van der Waals surface area contributed by atoms with Crippen LogP contribution in [0, 0.1) is 5.92 Å². The number of ether oxygens (including phenoxy) is 2. The topological polar surface area (TPSA) is 79.9 Å². The van der Waals surface area contributed by atoms with Gasteiger partial charge in [0.15, 0.2) is 0 Å². The molecule has 1 heterocycles. The van der Waals surface area contributed by atoms with E-state index in [4.69, 9.17) is 9.47 Å². The Morgan fingerprint density at radius 3 is 2.28 bits per heavy atom. The van der Waals surface area contributed by atoms with E-state index in [9.17, 15) is 9.59 Å². The third-order valence-corrected chi connectivity index (χ3v) is 5.49. The van der Waals surface area contributed by atoms with E-state index in [1.54, 1.807) is 24.3 Å². The standard InChI is InChI=1S/C25H33N3O4/c1-3-31-16-17-32-23-10-8-21(9-11-23)26-18-24(29)27-22-6-4-20(5-7-22)25(30)28-14-12-19(2)13-15-28/h4-11,19,26H,3,12-18H2,1-2H3,(H,27,29). The predicted molar refractivity (Wildman–Crippen MR) is 126 cm³/mol. The lowest BCUT2D eigenvalue weighted by atomic mass is 9.98. The molecule has 32 heavy (non-hydrogen) atoms. The molecule has 0 radical (unpaired) electrons. The molecule has 2 amide bonds. The summed E-state index contributed by atoms with van der Waals surface area (Å²) in [5.74, 6) is 1.34. The molecule has 0 bridgehead atoms. The van der Waals surface area contributed by atoms with Gasteiger partial charge >= 0.3 is 0 Å². The lowest BCUT2D eigenvalue weighted by molar-refractivity contribution is -0.114. The zero-order valence-electron chi connectivity index (χ0n) is 18.9. The first-order valence-corrected chi connectivity index (χ1v) is 11.3. The van der Waals surface area contributed by atoms with Crippen molar-refractivity contribution in [3.8, 4) is 5.75 Å². The molecule has 3 rings (SSSR count). The van der Waals surface area contributed by atoms with Gasteiger partial charge in [0.1, 0.15) is 12.4 Å². The molecule has 172 valence electrons. The van der Waals surface area contributed by atoms with Crippen LogP contribution in [0.5, 0.6) is 5.75 Å². The van der Waals surface area contributed by atoms with Crippen molar-refractivity contribution in [3.05, 3.63) is 54.1 Å². The number of benzene rings is 2. The second-order valence-electron chi connectivity index (χ2n) is 8.02. The van der Waals surface area contributed by atoms with Gasteiger partial charge in [0.05, 0.1) is 13.2 Å². The van der Waals surface area contributed by atoms with E-state index < -0.39 is 0 Å². The van der Waals surface area contributed by atoms with Crippen molar-refractivity contribution in [2.75, 3.05) is 50.1 Å². The van der Waals surface area contributed by atoms with Crippen LogP contribution in [0.1, 0.15) is 37.0 Å². The van der Waals surface area contributed by atoms with Crippen LogP contribution in [0.3, 0.4) is 0 Å². The molecule has 0 aromatic heterocycles. The zero-order chi connectivity index (χ0) is 22.8. The quantitative estimate of drug-likeness (QED) is 0.547. The zero-order valence-corrected chi connectivity index (χ0v) is 18.9. The lowest BCUT2D eigenvalue weighted by Crippen LogP contribution is -2.37. The minimum Gasteiger partial charge on any atom is -0.491 e. The van der Waals surface area contributed by atoms with E-state index in [2.05, 4.69) is 17.6 Å². The third-order valence-electron chi connectivity index (χ3n) is 5.49. The summed E-state index contributed by atoms with van der Waals surface area (Å²) in [4.78, 5) is 26.8. The molecular formula is C25H33N3O4. The number of nitrogens with zero attached hydrogens (tertiary/aromatic N) is 1. The number of hydrogen-bond donors (Lipinski definition) is 2. The molecule has 0 unspecified atom stereocenters. The monoisotopic (exact) mass is 439 g/mol. The highest BCUT2D eigenvalue weighted by Crippen LogP contribution is 2.19. The van der Waals surface area contributed by atoms with Gasteiger partial charge in [-0.25, -0.2) is 0 Å². The van der Waals surface area contributed by atoms with Crippen molar-refractivity contribution in [2.24, 2.45) is 5.92 Å². The Morgan fingerprint density at radius 1 is 0.969 bits per heavy atom. The molecule has 2 aromatic carbocycles. The highest BCUT2D eigenvalue weighted by atomic mass is 16.5. The van der Waals surface area contributed by atoms with E-state index in [-0.39, 0.29) is 18.4 Å². The average Bonchev–Trinajstić information content (AvgIpc) is 2.82. The molecule has 0 aliphatic carbocycles. The highest BCUT2D eigenvalue weighted by molar-refractivity contribution is 5.96. The summed E-state index contributed by atoms with van der Waals surface area (Å²) in [7, 11) is 0. The maximum absolute atomic E-state index is 12.6. The second kappa shape index (κ2) is 12.1. The molecule has 2 aromatic rings. The first-order chi connectivity index (χ1) is 15.5. The number of anilines is 2. The SMILES string of the molecule is CCOCCOc1ccc(NCC(=O)Nc2ccc(C(=O)N3CCC(C)CC3)cc2)cc1. The van der Waals surface area contributed by atoms with Gasteiger partial charge in [-0.05, 0) is 74.2 Å². The van der Waals surface area contributed by atoms with Crippen molar-refractivity contribution in [1.29, 1.82) is 0 Å². The molecule has 1 saturated heterocycles. The van der Waals surface area contributed by atoms with Gasteiger partial charge in [0.25, 0.3) is 5.91 Å². The molecular weight excluding hydrogens is 406 g/mol. The fourth-order valence-corrected chi connectivity index (χ4v) is 3.51. The Morgan fingerprint density at radius 2 is 1.62 bits per heavy atom. The maximum Gasteiger partial charge on any atom is 0.253 e. The van der Waals surface area contributed by atoms with Crippen LogP contribution in [0.4, 0.5) is 11.4 Å². The summed E-state index contributed by atoms with van der Waals surface area (Å²) < 4.78 is 10.8. The fraction of sp³-hybridized carbons (Fsp3) is 0.440. The third kappa shape index (κ3) is 7.27. The first kappa shape index (κ1) is 23.6. The number of carbonyl (C=O) groups excluding carboxylic acids is 2. The smallest absolute Gasteiger partial charge is 0.253 e. The Hall–Kier alpha value is -3.06. The molecule has 7 heteroatoms. The van der Waals surface area contributed by atoms with Crippen molar-refractivity contribution >= 4 is 23.2 Å². The molecule has 0 atom stereocenters. The summed E-state index contributed by atoms with van der Waals surface area (Å²) in [5, 5.41) is 5.94. The summed E-state index contributed by atoms with van der Waals surface area (Å²) in [6.07, 6.45) is 2.10. The predicted octanol–water partition coefficient (Wildman–Crippen LogP) is 4.02. The van der Waals surface area contributed by atoms with Gasteiger partial charge in [-0.1, -0.05) is 6.92 Å². The van der Waals surface area contributed by atoms with Crippen molar-refractivity contribution < 1.29 is 19.1 Å². The Bertz CT molecular complexity index is 860. The van der Waals surface area contributed by atoms with Crippen molar-refractivity contribution in [2.45, 2.75) is 26.7 Å². The number of piperidine rings is 1. The van der Waals surface area contributed by atoms with E-state index in [0.29, 0.717) is 37.0 Å². The summed E-state index contributed by atoms with van der Waals surface area (Å²) in [6, 6.07) is 14.5. The minimum atomic E-state index is -0.161. The fourth-order valence-electron chi connectivity index (χ4n) is 3.51. The van der Waals surface area contributed by atoms with E-state index in [0.717, 1.165) is 37.4 Å². The highest BCUT2D eigenvalue weighted by Gasteiger charge is 2.21. The van der Waals surface area contributed by atoms with Crippen LogP contribution in [0.2, 0.25) is 0 Å². The molecule has 2 N–H and O–H groups in total. The van der Waals surface area contributed by atoms with Gasteiger partial charge < -0.3 is 25.0 Å². The Labute approximate surface area is 190 Å². The summed E-state index contributed by atoms with van der Waals surface area (Å²) >= 11 is 0. The van der Waals surface area contributed by atoms with Crippen LogP contribution < -0.4 is 15.4 Å². The number of hydrogen-bond acceptors (Lipinski definition) is 5. The van der Waals surface area contributed by atoms with Crippen LogP contribution in [-0.2, 0) is 9.53 Å². The molecule has 0 saturated carbocycles. The maximum atomic E-state index is 12.6. The molecule has 1 fully saturated rings. The summed E-state index contributed by atoms with van der Waals surface area (Å²) in [5.41, 5.74) is 2.15. The van der Waals surface area contributed by atoms with Gasteiger partial charge in [-0.15, -0.1) is 0 Å². The number of rotatable bonds is 10. The van der Waals surface area contributed by atoms with Crippen LogP contribution in [-0.4, -0.2) is 56.2 Å². The van der Waals surface area contributed by atoms with Gasteiger partial charge in [0.2, 0.25) is 5.91 Å². The number of amides is 2. The normalized spacial score (nSPS) is 14.1. The van der Waals surface area contributed by atoms with Crippen LogP contribution in [0.25, 0.3) is 0 Å². The molecule has 0 spiro atoms. The Balaban J connectivity index is 1.41. The molecule has 1 aliphatic rings. The van der Waals surface area contributed by atoms with Crippen LogP contribution in [0.15, 0.2) is 48.5 Å². The number of carbonyl (C=O) groups is 2. The lowest BCUT2D eigenvalue weighted by Gasteiger charge is -2.30. The first-order valence-electron chi connectivity index (χ1n) is 11.3.